The number of hydrogen-bond acceptors (Lipinski definition) is 8. The van der Waals surface area contributed by atoms with E-state index in [9.17, 15) is 24.3 Å². The molecule has 2 aromatic rings. The fourth-order valence-corrected chi connectivity index (χ4v) is 3.65. The number of rotatable bonds is 8. The summed E-state index contributed by atoms with van der Waals surface area (Å²) in [5, 5.41) is 10.4. The highest BCUT2D eigenvalue weighted by Crippen LogP contribution is 2.23. The maximum absolute atomic E-state index is 13.1. The molecular formula is C27H32N2O8. The zero-order valence-corrected chi connectivity index (χ0v) is 21.4. The molecule has 1 N–H and O–H groups in total. The van der Waals surface area contributed by atoms with Crippen LogP contribution in [0.15, 0.2) is 54.6 Å². The normalized spacial score (nSPS) is 16.6. The molecule has 1 aliphatic rings. The molecule has 0 saturated carbocycles. The van der Waals surface area contributed by atoms with E-state index in [1.807, 2.05) is 30.3 Å². The first-order chi connectivity index (χ1) is 17.5. The molecule has 1 heterocycles. The molecule has 2 amide bonds. The molecule has 0 spiro atoms. The van der Waals surface area contributed by atoms with E-state index in [4.69, 9.17) is 14.2 Å². The molecule has 1 saturated heterocycles. The van der Waals surface area contributed by atoms with Crippen LogP contribution in [0.5, 0.6) is 0 Å². The fourth-order valence-electron chi connectivity index (χ4n) is 3.65. The van der Waals surface area contributed by atoms with Gasteiger partial charge in [0.1, 0.15) is 18.8 Å². The summed E-state index contributed by atoms with van der Waals surface area (Å²) < 4.78 is 15.8. The van der Waals surface area contributed by atoms with Crippen molar-refractivity contribution in [3.05, 3.63) is 65.7 Å². The number of carbonyl (C=O) groups is 4. The Morgan fingerprint density at radius 1 is 1.14 bits per heavy atom. The third-order valence-electron chi connectivity index (χ3n) is 5.42. The topological polar surface area (TPSA) is 123 Å². The summed E-state index contributed by atoms with van der Waals surface area (Å²) in [6.45, 7) is 5.03. The minimum atomic E-state index is -1.80. The number of nitrogens with zero attached hydrogens (tertiary/aromatic N) is 2. The second kappa shape index (κ2) is 12.0. The molecule has 0 aromatic heterocycles. The van der Waals surface area contributed by atoms with Crippen LogP contribution in [0, 0.1) is 0 Å². The summed E-state index contributed by atoms with van der Waals surface area (Å²) in [7, 11) is 1.48. The molecule has 0 bridgehead atoms. The van der Waals surface area contributed by atoms with E-state index in [-0.39, 0.29) is 31.9 Å². The lowest BCUT2D eigenvalue weighted by Crippen LogP contribution is -2.55. The van der Waals surface area contributed by atoms with Crippen LogP contribution in [0.2, 0.25) is 0 Å². The van der Waals surface area contributed by atoms with Crippen LogP contribution >= 0.6 is 0 Å². The fraction of sp³-hybridized carbons (Fsp3) is 0.407. The molecular weight excluding hydrogens is 480 g/mol. The molecule has 198 valence electrons. The molecule has 1 fully saturated rings. The van der Waals surface area contributed by atoms with Gasteiger partial charge in [0.15, 0.2) is 12.2 Å². The van der Waals surface area contributed by atoms with Crippen molar-refractivity contribution in [2.24, 2.45) is 0 Å². The molecule has 0 aliphatic carbocycles. The quantitative estimate of drug-likeness (QED) is 0.533. The summed E-state index contributed by atoms with van der Waals surface area (Å²) in [5.74, 6) is -2.59. The van der Waals surface area contributed by atoms with Crippen LogP contribution < -0.4 is 4.90 Å². The van der Waals surface area contributed by atoms with Gasteiger partial charge in [0.2, 0.25) is 0 Å². The van der Waals surface area contributed by atoms with E-state index in [2.05, 4.69) is 0 Å². The first kappa shape index (κ1) is 27.8. The molecule has 10 heteroatoms. The third-order valence-corrected chi connectivity index (χ3v) is 5.42. The Morgan fingerprint density at radius 3 is 2.51 bits per heavy atom. The average Bonchev–Trinajstić information content (AvgIpc) is 2.86. The average molecular weight is 513 g/mol. The highest BCUT2D eigenvalue weighted by atomic mass is 16.6. The van der Waals surface area contributed by atoms with Gasteiger partial charge in [0.25, 0.3) is 11.8 Å². The highest BCUT2D eigenvalue weighted by Gasteiger charge is 2.41. The first-order valence-electron chi connectivity index (χ1n) is 11.9. The van der Waals surface area contributed by atoms with Gasteiger partial charge >= 0.3 is 11.9 Å². The number of ether oxygens (including phenoxy) is 3. The summed E-state index contributed by atoms with van der Waals surface area (Å²) in [4.78, 5) is 53.1. The maximum atomic E-state index is 13.1. The Kier molecular flexibility index (Phi) is 9.01. The Balaban J connectivity index is 1.64. The van der Waals surface area contributed by atoms with Crippen molar-refractivity contribution in [3.63, 3.8) is 0 Å². The Morgan fingerprint density at radius 2 is 1.84 bits per heavy atom. The van der Waals surface area contributed by atoms with Crippen LogP contribution in [0.4, 0.5) is 5.69 Å². The van der Waals surface area contributed by atoms with Crippen LogP contribution in [0.3, 0.4) is 0 Å². The molecule has 37 heavy (non-hydrogen) atoms. The molecule has 2 aromatic carbocycles. The summed E-state index contributed by atoms with van der Waals surface area (Å²) >= 11 is 0. The van der Waals surface area contributed by atoms with Crippen LogP contribution in [-0.2, 0) is 35.2 Å². The summed E-state index contributed by atoms with van der Waals surface area (Å²) in [6.07, 6.45) is -3.24. The van der Waals surface area contributed by atoms with Gasteiger partial charge in [-0.25, -0.2) is 4.79 Å². The van der Waals surface area contributed by atoms with Gasteiger partial charge < -0.3 is 29.1 Å². The molecule has 0 radical (unpaired) electrons. The molecule has 10 nitrogen and oxygen atoms in total. The van der Waals surface area contributed by atoms with Gasteiger partial charge in [-0.3, -0.25) is 14.4 Å². The number of likely N-dealkylation sites (N-methyl/N-ethyl adjacent to an activating group) is 1. The minimum absolute atomic E-state index is 0.0710. The van der Waals surface area contributed by atoms with E-state index in [0.29, 0.717) is 5.69 Å². The van der Waals surface area contributed by atoms with Crippen molar-refractivity contribution in [3.8, 4) is 0 Å². The summed E-state index contributed by atoms with van der Waals surface area (Å²) in [6, 6.07) is 15.5. The molecule has 1 aliphatic heterocycles. The lowest BCUT2D eigenvalue weighted by atomic mass is 10.1. The van der Waals surface area contributed by atoms with Gasteiger partial charge in [-0.05, 0) is 44.5 Å². The number of morpholine rings is 1. The van der Waals surface area contributed by atoms with Crippen molar-refractivity contribution in [2.45, 2.75) is 45.2 Å². The van der Waals surface area contributed by atoms with Crippen molar-refractivity contribution in [2.75, 3.05) is 31.6 Å². The van der Waals surface area contributed by atoms with Crippen LogP contribution in [0.1, 0.15) is 36.7 Å². The lowest BCUT2D eigenvalue weighted by Gasteiger charge is -2.34. The van der Waals surface area contributed by atoms with Gasteiger partial charge in [-0.15, -0.1) is 0 Å². The van der Waals surface area contributed by atoms with Gasteiger partial charge in [0.05, 0.1) is 6.61 Å². The third kappa shape index (κ3) is 7.61. The van der Waals surface area contributed by atoms with Crippen molar-refractivity contribution in [1.29, 1.82) is 0 Å². The highest BCUT2D eigenvalue weighted by molar-refractivity contribution is 6.02. The van der Waals surface area contributed by atoms with Gasteiger partial charge in [-0.2, -0.15) is 0 Å². The number of amides is 2. The Bertz CT molecular complexity index is 1130. The lowest BCUT2D eigenvalue weighted by molar-refractivity contribution is -0.177. The Hall–Kier alpha value is -3.76. The van der Waals surface area contributed by atoms with E-state index >= 15 is 0 Å². The number of benzene rings is 2. The predicted molar refractivity (Wildman–Crippen MR) is 134 cm³/mol. The minimum Gasteiger partial charge on any atom is -0.459 e. The Labute approximate surface area is 215 Å². The second-order valence-corrected chi connectivity index (χ2v) is 9.62. The van der Waals surface area contributed by atoms with E-state index < -0.39 is 41.6 Å². The number of hydrogen-bond donors (Lipinski definition) is 1. The predicted octanol–water partition coefficient (Wildman–Crippen LogP) is 1.94. The molecule has 2 atom stereocenters. The van der Waals surface area contributed by atoms with E-state index in [1.165, 1.54) is 22.9 Å². The van der Waals surface area contributed by atoms with Crippen molar-refractivity contribution >= 4 is 29.4 Å². The monoisotopic (exact) mass is 512 g/mol. The van der Waals surface area contributed by atoms with Gasteiger partial charge in [0, 0.05) is 24.8 Å². The standard InChI is InChI=1S/C27H32N2O8/c1-27(2,3)37-26(34)22(31)23-25(33)29(13-14-35-23)20-12-8-11-19(15-20)24(32)28(4)16-21(30)36-17-18-9-6-5-7-10-18/h5-12,15,22-23,31H,13-14,16-17H2,1-4H3/t22-,23-/m1/s1. The maximum Gasteiger partial charge on any atom is 0.338 e. The smallest absolute Gasteiger partial charge is 0.338 e. The SMILES string of the molecule is CN(CC(=O)OCc1ccccc1)C(=O)c1cccc(N2CCO[C@H]([C@@H](O)C(=O)OC(C)(C)C)C2=O)c1. The molecule has 0 unspecified atom stereocenters. The largest absolute Gasteiger partial charge is 0.459 e. The number of esters is 2. The number of carbonyl (C=O) groups excluding carboxylic acids is 4. The summed E-state index contributed by atoms with van der Waals surface area (Å²) in [5.41, 5.74) is 0.632. The first-order valence-corrected chi connectivity index (χ1v) is 11.9. The number of anilines is 1. The van der Waals surface area contributed by atoms with Gasteiger partial charge in [-0.1, -0.05) is 36.4 Å². The van der Waals surface area contributed by atoms with Crippen molar-refractivity contribution < 1.29 is 38.5 Å². The number of aliphatic hydroxyl groups is 1. The van der Waals surface area contributed by atoms with Crippen LogP contribution in [0.25, 0.3) is 0 Å². The zero-order valence-electron chi connectivity index (χ0n) is 21.4. The number of aliphatic hydroxyl groups excluding tert-OH is 1. The molecule has 3 rings (SSSR count). The van der Waals surface area contributed by atoms with Crippen LogP contribution in [-0.4, -0.2) is 78.3 Å². The zero-order chi connectivity index (χ0) is 27.2. The van der Waals surface area contributed by atoms with E-state index in [0.717, 1.165) is 5.56 Å². The van der Waals surface area contributed by atoms with Crippen molar-refractivity contribution in [1.82, 2.24) is 4.90 Å². The van der Waals surface area contributed by atoms with E-state index in [1.54, 1.807) is 39.0 Å². The second-order valence-electron chi connectivity index (χ2n) is 9.62.